The zero-order chi connectivity index (χ0) is 15.8. The zero-order valence-corrected chi connectivity index (χ0v) is 12.5. The minimum atomic E-state index is -0.239. The molecule has 0 fully saturated rings. The first kappa shape index (κ1) is 15.6. The lowest BCUT2D eigenvalue weighted by Crippen LogP contribution is -2.28. The number of hydrogen-bond donors (Lipinski definition) is 1. The molecule has 116 valence electrons. The fourth-order valence-corrected chi connectivity index (χ4v) is 1.87. The number of carbonyl (C=O) groups excluding carboxylic acids is 1. The second kappa shape index (κ2) is 7.87. The van der Waals surface area contributed by atoms with Crippen LogP contribution in [0.15, 0.2) is 42.6 Å². The van der Waals surface area contributed by atoms with E-state index in [1.54, 1.807) is 38.6 Å². The van der Waals surface area contributed by atoms with Crippen LogP contribution in [0.3, 0.4) is 0 Å². The molecular weight excluding hydrogens is 284 g/mol. The summed E-state index contributed by atoms with van der Waals surface area (Å²) < 4.78 is 15.7. The van der Waals surface area contributed by atoms with Gasteiger partial charge in [0.2, 0.25) is 5.88 Å². The van der Waals surface area contributed by atoms with Gasteiger partial charge < -0.3 is 19.5 Å². The first-order valence-electron chi connectivity index (χ1n) is 6.75. The van der Waals surface area contributed by atoms with Gasteiger partial charge in [-0.1, -0.05) is 18.2 Å². The summed E-state index contributed by atoms with van der Waals surface area (Å²) in [5.41, 5.74) is 0.802. The molecule has 2 rings (SSSR count). The molecule has 0 unspecified atom stereocenters. The van der Waals surface area contributed by atoms with Gasteiger partial charge in [-0.15, -0.1) is 0 Å². The highest BCUT2D eigenvalue weighted by Crippen LogP contribution is 2.25. The van der Waals surface area contributed by atoms with Crippen LogP contribution in [0.25, 0.3) is 0 Å². The molecule has 0 radical (unpaired) electrons. The van der Waals surface area contributed by atoms with Crippen LogP contribution < -0.4 is 19.5 Å². The van der Waals surface area contributed by atoms with E-state index in [-0.39, 0.29) is 12.5 Å². The van der Waals surface area contributed by atoms with Crippen molar-refractivity contribution in [1.29, 1.82) is 0 Å². The van der Waals surface area contributed by atoms with Gasteiger partial charge in [-0.3, -0.25) is 4.79 Å². The molecule has 6 nitrogen and oxygen atoms in total. The van der Waals surface area contributed by atoms with Gasteiger partial charge in [0.05, 0.1) is 14.2 Å². The van der Waals surface area contributed by atoms with E-state index >= 15 is 0 Å². The van der Waals surface area contributed by atoms with Crippen molar-refractivity contribution in [2.75, 3.05) is 20.8 Å². The van der Waals surface area contributed by atoms with Crippen molar-refractivity contribution in [3.8, 4) is 17.4 Å². The third-order valence-corrected chi connectivity index (χ3v) is 2.95. The van der Waals surface area contributed by atoms with Crippen molar-refractivity contribution in [3.63, 3.8) is 0 Å². The Bertz CT molecular complexity index is 578. The van der Waals surface area contributed by atoms with E-state index in [1.807, 2.05) is 18.2 Å². The summed E-state index contributed by atoms with van der Waals surface area (Å²) in [5, 5.41) is 2.76. The number of rotatable bonds is 7. The Kier molecular flexibility index (Phi) is 5.59. The molecule has 1 heterocycles. The Balaban J connectivity index is 1.86. The standard InChI is InChI=1S/C16H18N2O4/c1-20-13-7-3-4-8-14(13)22-11-15(19)18-10-12-6-5-9-17-16(12)21-2/h3-9H,10-11H2,1-2H3,(H,18,19). The number of para-hydroxylation sites is 2. The van der Waals surface area contributed by atoms with Crippen molar-refractivity contribution < 1.29 is 19.0 Å². The average molecular weight is 302 g/mol. The summed E-state index contributed by atoms with van der Waals surface area (Å²) in [6.07, 6.45) is 1.63. The van der Waals surface area contributed by atoms with Crippen LogP contribution in [0, 0.1) is 0 Å². The SMILES string of the molecule is COc1ccccc1OCC(=O)NCc1cccnc1OC. The minimum Gasteiger partial charge on any atom is -0.493 e. The first-order valence-corrected chi connectivity index (χ1v) is 6.75. The second-order valence-corrected chi connectivity index (χ2v) is 4.39. The minimum absolute atomic E-state index is 0.0943. The topological polar surface area (TPSA) is 69.7 Å². The number of hydrogen-bond acceptors (Lipinski definition) is 5. The first-order chi connectivity index (χ1) is 10.7. The average Bonchev–Trinajstić information content (AvgIpc) is 2.58. The third-order valence-electron chi connectivity index (χ3n) is 2.95. The van der Waals surface area contributed by atoms with Crippen LogP contribution in [0.2, 0.25) is 0 Å². The van der Waals surface area contributed by atoms with Crippen molar-refractivity contribution in [3.05, 3.63) is 48.2 Å². The van der Waals surface area contributed by atoms with Gasteiger partial charge in [0.1, 0.15) is 0 Å². The lowest BCUT2D eigenvalue weighted by Gasteiger charge is -2.11. The van der Waals surface area contributed by atoms with Crippen LogP contribution in [-0.4, -0.2) is 31.7 Å². The Morgan fingerprint density at radius 3 is 2.59 bits per heavy atom. The van der Waals surface area contributed by atoms with Crippen molar-refractivity contribution in [1.82, 2.24) is 10.3 Å². The van der Waals surface area contributed by atoms with Gasteiger partial charge in [0.15, 0.2) is 18.1 Å². The molecular formula is C16H18N2O4. The lowest BCUT2D eigenvalue weighted by molar-refractivity contribution is -0.123. The van der Waals surface area contributed by atoms with E-state index in [9.17, 15) is 4.79 Å². The fourth-order valence-electron chi connectivity index (χ4n) is 1.87. The Labute approximate surface area is 129 Å². The van der Waals surface area contributed by atoms with E-state index in [0.717, 1.165) is 5.56 Å². The molecule has 1 N–H and O–H groups in total. The van der Waals surface area contributed by atoms with Gasteiger partial charge in [-0.05, 0) is 18.2 Å². The molecule has 0 aliphatic heterocycles. The maximum Gasteiger partial charge on any atom is 0.258 e. The summed E-state index contributed by atoms with van der Waals surface area (Å²) in [6, 6.07) is 10.8. The van der Waals surface area contributed by atoms with Gasteiger partial charge in [0.25, 0.3) is 5.91 Å². The monoisotopic (exact) mass is 302 g/mol. The van der Waals surface area contributed by atoms with Crippen LogP contribution in [0.1, 0.15) is 5.56 Å². The molecule has 0 aliphatic carbocycles. The molecule has 1 amide bonds. The van der Waals surface area contributed by atoms with Crippen LogP contribution in [0.5, 0.6) is 17.4 Å². The quantitative estimate of drug-likeness (QED) is 0.844. The van der Waals surface area contributed by atoms with E-state index in [2.05, 4.69) is 10.3 Å². The number of nitrogens with one attached hydrogen (secondary N) is 1. The highest BCUT2D eigenvalue weighted by Gasteiger charge is 2.08. The predicted octanol–water partition coefficient (Wildman–Crippen LogP) is 1.79. The Hall–Kier alpha value is -2.76. The van der Waals surface area contributed by atoms with Crippen LogP contribution >= 0.6 is 0 Å². The molecule has 6 heteroatoms. The fraction of sp³-hybridized carbons (Fsp3) is 0.250. The number of aromatic nitrogens is 1. The highest BCUT2D eigenvalue weighted by atomic mass is 16.5. The number of methoxy groups -OCH3 is 2. The van der Waals surface area contributed by atoms with E-state index in [4.69, 9.17) is 14.2 Å². The summed E-state index contributed by atoms with van der Waals surface area (Å²) in [4.78, 5) is 15.9. The summed E-state index contributed by atoms with van der Waals surface area (Å²) in [7, 11) is 3.09. The normalized spacial score (nSPS) is 9.91. The largest absolute Gasteiger partial charge is 0.493 e. The lowest BCUT2D eigenvalue weighted by atomic mass is 10.2. The maximum atomic E-state index is 11.9. The highest BCUT2D eigenvalue weighted by molar-refractivity contribution is 5.77. The van der Waals surface area contributed by atoms with Crippen molar-refractivity contribution >= 4 is 5.91 Å². The smallest absolute Gasteiger partial charge is 0.258 e. The number of nitrogens with zero attached hydrogens (tertiary/aromatic N) is 1. The van der Waals surface area contributed by atoms with E-state index in [1.165, 1.54) is 0 Å². The van der Waals surface area contributed by atoms with Crippen molar-refractivity contribution in [2.24, 2.45) is 0 Å². The molecule has 0 saturated heterocycles. The zero-order valence-electron chi connectivity index (χ0n) is 12.5. The number of benzene rings is 1. The molecule has 1 aromatic carbocycles. The summed E-state index contributed by atoms with van der Waals surface area (Å²) in [6.45, 7) is 0.230. The second-order valence-electron chi connectivity index (χ2n) is 4.39. The molecule has 1 aromatic heterocycles. The number of amides is 1. The summed E-state index contributed by atoms with van der Waals surface area (Å²) >= 11 is 0. The van der Waals surface area contributed by atoms with Crippen LogP contribution in [0.4, 0.5) is 0 Å². The maximum absolute atomic E-state index is 11.9. The number of carbonyl (C=O) groups is 1. The molecule has 2 aromatic rings. The van der Waals surface area contributed by atoms with Gasteiger partial charge >= 0.3 is 0 Å². The van der Waals surface area contributed by atoms with E-state index in [0.29, 0.717) is 23.9 Å². The van der Waals surface area contributed by atoms with Crippen LogP contribution in [-0.2, 0) is 11.3 Å². The molecule has 0 bridgehead atoms. The molecule has 0 aliphatic rings. The number of ether oxygens (including phenoxy) is 3. The van der Waals surface area contributed by atoms with Gasteiger partial charge in [-0.2, -0.15) is 0 Å². The Morgan fingerprint density at radius 2 is 1.86 bits per heavy atom. The molecule has 22 heavy (non-hydrogen) atoms. The third kappa shape index (κ3) is 4.12. The van der Waals surface area contributed by atoms with Gasteiger partial charge in [0, 0.05) is 18.3 Å². The van der Waals surface area contributed by atoms with Gasteiger partial charge in [-0.25, -0.2) is 4.98 Å². The Morgan fingerprint density at radius 1 is 1.09 bits per heavy atom. The predicted molar refractivity (Wildman–Crippen MR) is 81.1 cm³/mol. The number of pyridine rings is 1. The molecule has 0 spiro atoms. The molecule has 0 atom stereocenters. The van der Waals surface area contributed by atoms with Crippen molar-refractivity contribution in [2.45, 2.75) is 6.54 Å². The summed E-state index contributed by atoms with van der Waals surface area (Å²) in [5.74, 6) is 1.37. The molecule has 0 saturated carbocycles. The van der Waals surface area contributed by atoms with E-state index < -0.39 is 0 Å².